The summed E-state index contributed by atoms with van der Waals surface area (Å²) >= 11 is 4.69. The maximum Gasteiger partial charge on any atom is 0.410 e. The summed E-state index contributed by atoms with van der Waals surface area (Å²) in [5, 5.41) is 11.2. The van der Waals surface area contributed by atoms with Gasteiger partial charge in [0, 0.05) is 61.4 Å². The second kappa shape index (κ2) is 24.4. The smallest absolute Gasteiger partial charge is 0.410 e. The highest BCUT2D eigenvalue weighted by atomic mass is 127. The number of carbonyl (C=O) groups excluding carboxylic acids is 1. The lowest BCUT2D eigenvalue weighted by Gasteiger charge is -2.34. The van der Waals surface area contributed by atoms with Crippen molar-refractivity contribution in [3.63, 3.8) is 0 Å². The van der Waals surface area contributed by atoms with Gasteiger partial charge >= 0.3 is 6.09 Å². The van der Waals surface area contributed by atoms with Gasteiger partial charge in [-0.3, -0.25) is 8.77 Å². The average molecular weight is 848 g/mol. The Morgan fingerprint density at radius 1 is 1.00 bits per heavy atom. The molecule has 12 heteroatoms. The van der Waals surface area contributed by atoms with Gasteiger partial charge in [-0.25, -0.2) is 7.31 Å². The number of nitrogens with zero attached hydrogens (tertiary/aromatic N) is 3. The van der Waals surface area contributed by atoms with Crippen LogP contribution in [0.25, 0.3) is 22.0 Å². The van der Waals surface area contributed by atoms with Crippen LogP contribution in [0.1, 0.15) is 107 Å². The highest BCUT2D eigenvalue weighted by Gasteiger charge is 2.28. The van der Waals surface area contributed by atoms with Crippen LogP contribution in [-0.4, -0.2) is 61.8 Å². The predicted molar refractivity (Wildman–Crippen MR) is 222 cm³/mol. The molecule has 1 N–H and O–H groups in total. The maximum absolute atomic E-state index is 12.6. The molecule has 2 fully saturated rings. The molecule has 1 amide bonds. The van der Waals surface area contributed by atoms with E-state index in [4.69, 9.17) is 12.0 Å². The lowest BCUT2D eigenvalue weighted by atomic mass is 9.95. The van der Waals surface area contributed by atoms with Crippen LogP contribution >= 0.6 is 47.0 Å². The van der Waals surface area contributed by atoms with Gasteiger partial charge in [-0.15, -0.1) is 0 Å². The average Bonchev–Trinajstić information content (AvgIpc) is 3.52. The molecule has 1 aromatic carbocycles. The number of rotatable bonds is 9. The van der Waals surface area contributed by atoms with Crippen LogP contribution in [0.5, 0.6) is 5.75 Å². The third-order valence-corrected chi connectivity index (χ3v) is 9.76. The van der Waals surface area contributed by atoms with Crippen molar-refractivity contribution < 1.29 is 21.9 Å². The van der Waals surface area contributed by atoms with Gasteiger partial charge in [0.2, 0.25) is 0 Å². The number of amides is 1. The number of carbonyl (C=O) groups is 1. The molecular formula is C38H62IN3O6S2. The van der Waals surface area contributed by atoms with Gasteiger partial charge in [-0.05, 0) is 88.3 Å². The molecule has 3 aromatic rings. The number of aromatic nitrogens is 2. The summed E-state index contributed by atoms with van der Waals surface area (Å²) < 4.78 is 19.6. The van der Waals surface area contributed by atoms with E-state index in [1.165, 1.54) is 23.8 Å². The molecule has 50 heavy (non-hydrogen) atoms. The number of fused-ring (bicyclic) bond motifs is 1. The Labute approximate surface area is 324 Å². The quantitative estimate of drug-likeness (QED) is 0.168. The standard InChI is InChI=1S/C17H17IN2O3S2.C15H27NO3.3C2H6/c1-3-24-10-11-4-5-15(21)13(8-11)14-9-19(2)17(22)16-12(14)6-7-20(16)25-23-18;1-15(2,3)19-14(17)16-9-7-12(8-10-16)11-18-13-5-4-6-13;3*1-2/h4-9,21H,3,10H2,1-2H3;12-13H,4-11H2,1-3H3;3*1-2H3. The minimum atomic E-state index is -0.402. The van der Waals surface area contributed by atoms with E-state index in [9.17, 15) is 14.7 Å². The van der Waals surface area contributed by atoms with E-state index in [0.29, 0.717) is 17.5 Å². The molecule has 9 nitrogen and oxygen atoms in total. The number of phenols is 1. The van der Waals surface area contributed by atoms with Crippen LogP contribution in [0.3, 0.4) is 0 Å². The van der Waals surface area contributed by atoms with Crippen molar-refractivity contribution in [3.05, 3.63) is 52.6 Å². The molecule has 3 heterocycles. The van der Waals surface area contributed by atoms with Gasteiger partial charge in [0.15, 0.2) is 0 Å². The van der Waals surface area contributed by atoms with Gasteiger partial charge in [-0.2, -0.15) is 11.8 Å². The van der Waals surface area contributed by atoms with Crippen molar-refractivity contribution in [2.24, 2.45) is 13.0 Å². The summed E-state index contributed by atoms with van der Waals surface area (Å²) in [4.78, 5) is 26.3. The number of thioether (sulfide) groups is 1. The number of benzene rings is 1. The molecule has 0 radical (unpaired) electrons. The monoisotopic (exact) mass is 847 g/mol. The molecule has 5 rings (SSSR count). The molecule has 0 bridgehead atoms. The van der Waals surface area contributed by atoms with Gasteiger partial charge in [0.25, 0.3) is 5.56 Å². The summed E-state index contributed by atoms with van der Waals surface area (Å²) in [6, 6.07) is 7.53. The molecule has 1 aliphatic carbocycles. The molecule has 284 valence electrons. The Bertz CT molecular complexity index is 1460. The zero-order valence-electron chi connectivity index (χ0n) is 32.2. The summed E-state index contributed by atoms with van der Waals surface area (Å²) in [5.41, 5.74) is 2.72. The van der Waals surface area contributed by atoms with Gasteiger partial charge in [-0.1, -0.05) is 54.5 Å². The molecule has 2 aromatic heterocycles. The Morgan fingerprint density at radius 2 is 1.64 bits per heavy atom. The molecule has 2 aliphatic rings. The summed E-state index contributed by atoms with van der Waals surface area (Å²) in [7, 11) is 1.71. The van der Waals surface area contributed by atoms with Crippen molar-refractivity contribution in [1.29, 1.82) is 0 Å². The number of likely N-dealkylation sites (tertiary alicyclic amines) is 1. The zero-order valence-corrected chi connectivity index (χ0v) is 36.0. The second-order valence-electron chi connectivity index (χ2n) is 12.3. The Balaban J connectivity index is 0.000000447. The van der Waals surface area contributed by atoms with Crippen LogP contribution in [0.4, 0.5) is 4.79 Å². The van der Waals surface area contributed by atoms with Gasteiger partial charge in [0.1, 0.15) is 52.1 Å². The van der Waals surface area contributed by atoms with Crippen LogP contribution in [-0.2, 0) is 24.8 Å². The number of hydrogen-bond acceptors (Lipinski definition) is 8. The minimum Gasteiger partial charge on any atom is -0.507 e. The fraction of sp³-hybridized carbons (Fsp3) is 0.632. The molecule has 1 aliphatic heterocycles. The van der Waals surface area contributed by atoms with Crippen molar-refractivity contribution in [1.82, 2.24) is 13.4 Å². The first-order valence-corrected chi connectivity index (χ1v) is 20.9. The third kappa shape index (κ3) is 14.3. The SMILES string of the molecule is CC.CC.CC.CC(C)(C)OC(=O)N1CCC(COC2CCC2)CC1.CCSCc1ccc(O)c(-c2cn(C)c(=O)c3c2ccn3SOI)c1. The first-order valence-electron chi connectivity index (χ1n) is 18.2. The number of aromatic hydroxyl groups is 1. The summed E-state index contributed by atoms with van der Waals surface area (Å²) in [6.07, 6.45) is 9.77. The fourth-order valence-electron chi connectivity index (χ4n) is 5.16. The van der Waals surface area contributed by atoms with E-state index in [1.54, 1.807) is 52.5 Å². The molecule has 1 saturated carbocycles. The van der Waals surface area contributed by atoms with Crippen LogP contribution in [0.15, 0.2) is 41.5 Å². The topological polar surface area (TPSA) is 95.2 Å². The highest BCUT2D eigenvalue weighted by molar-refractivity contribution is 14.1. The normalized spacial score (nSPS) is 14.4. The zero-order chi connectivity index (χ0) is 37.9. The summed E-state index contributed by atoms with van der Waals surface area (Å²) in [6.45, 7) is 22.3. The van der Waals surface area contributed by atoms with Crippen molar-refractivity contribution in [2.75, 3.05) is 25.4 Å². The van der Waals surface area contributed by atoms with E-state index < -0.39 is 5.60 Å². The first kappa shape index (κ1) is 46.2. The van der Waals surface area contributed by atoms with E-state index in [0.717, 1.165) is 78.3 Å². The van der Waals surface area contributed by atoms with E-state index >= 15 is 0 Å². The lowest BCUT2D eigenvalue weighted by Crippen LogP contribution is -2.42. The number of ether oxygens (including phenoxy) is 2. The van der Waals surface area contributed by atoms with E-state index in [1.807, 2.05) is 97.2 Å². The first-order chi connectivity index (χ1) is 24.0. The third-order valence-electron chi connectivity index (χ3n) is 7.81. The van der Waals surface area contributed by atoms with E-state index in [2.05, 4.69) is 6.92 Å². The molecule has 1 saturated heterocycles. The molecule has 0 unspecified atom stereocenters. The minimum absolute atomic E-state index is 0.109. The van der Waals surface area contributed by atoms with Gasteiger partial charge in [0.05, 0.1) is 6.10 Å². The summed E-state index contributed by atoms with van der Waals surface area (Å²) in [5.74, 6) is 2.74. The fourth-order valence-corrected chi connectivity index (χ4v) is 6.73. The largest absolute Gasteiger partial charge is 0.507 e. The molecule has 0 atom stereocenters. The number of aryl methyl sites for hydroxylation is 1. The van der Waals surface area contributed by atoms with Crippen LogP contribution in [0, 0.1) is 5.92 Å². The van der Waals surface area contributed by atoms with Crippen molar-refractivity contribution in [2.45, 2.75) is 119 Å². The number of pyridine rings is 1. The maximum atomic E-state index is 12.6. The van der Waals surface area contributed by atoms with Gasteiger partial charge < -0.3 is 24.0 Å². The number of phenolic OH excluding ortho intramolecular Hbond substituents is 1. The Morgan fingerprint density at radius 3 is 2.18 bits per heavy atom. The lowest BCUT2D eigenvalue weighted by molar-refractivity contribution is -0.0291. The van der Waals surface area contributed by atoms with Crippen molar-refractivity contribution >= 4 is 64.0 Å². The number of hydrogen-bond donors (Lipinski definition) is 1. The van der Waals surface area contributed by atoms with Crippen LogP contribution < -0.4 is 5.56 Å². The molecule has 0 spiro atoms. The predicted octanol–water partition coefficient (Wildman–Crippen LogP) is 11.0. The second-order valence-corrected chi connectivity index (χ2v) is 15.3. The van der Waals surface area contributed by atoms with E-state index in [-0.39, 0.29) is 17.4 Å². The number of halogens is 1. The highest BCUT2D eigenvalue weighted by Crippen LogP contribution is 2.36. The Kier molecular flexibility index (Phi) is 22.5. The van der Waals surface area contributed by atoms with Crippen LogP contribution in [0.2, 0.25) is 0 Å². The van der Waals surface area contributed by atoms with Crippen molar-refractivity contribution in [3.8, 4) is 16.9 Å². The number of piperidine rings is 1. The molecular weight excluding hydrogens is 785 g/mol. The Hall–Kier alpha value is -1.87.